The lowest BCUT2D eigenvalue weighted by Crippen LogP contribution is -2.50. The molecule has 0 aromatic heterocycles. The molecule has 0 unspecified atom stereocenters. The van der Waals surface area contributed by atoms with Crippen LogP contribution in [0.3, 0.4) is 0 Å². The summed E-state index contributed by atoms with van der Waals surface area (Å²) >= 11 is 0. The van der Waals surface area contributed by atoms with Crippen molar-refractivity contribution in [2.75, 3.05) is 0 Å². The SMILES string of the molecule is CC(C)(C(=O)N[C@H]1CC[C@H](CC(=O)O)CC1)C(F)(F)F. The first-order valence-corrected chi connectivity index (χ1v) is 6.63. The van der Waals surface area contributed by atoms with Crippen molar-refractivity contribution in [3.63, 3.8) is 0 Å². The molecule has 0 saturated heterocycles. The van der Waals surface area contributed by atoms with Crippen molar-refractivity contribution in [1.82, 2.24) is 5.32 Å². The molecule has 0 aliphatic heterocycles. The van der Waals surface area contributed by atoms with Gasteiger partial charge < -0.3 is 10.4 Å². The molecule has 0 aromatic rings. The summed E-state index contributed by atoms with van der Waals surface area (Å²) < 4.78 is 38.2. The number of carboxylic acids is 1. The number of nitrogens with one attached hydrogen (secondary N) is 1. The number of rotatable bonds is 4. The standard InChI is InChI=1S/C13H20F3NO3/c1-12(2,13(14,15)16)11(20)17-9-5-3-8(4-6-9)7-10(18)19/h8-9H,3-7H2,1-2H3,(H,17,20)(H,18,19)/t8-,9-. The summed E-state index contributed by atoms with van der Waals surface area (Å²) in [5.74, 6) is -1.83. The highest BCUT2D eigenvalue weighted by molar-refractivity contribution is 5.83. The van der Waals surface area contributed by atoms with Gasteiger partial charge in [0, 0.05) is 12.5 Å². The molecule has 0 aromatic carbocycles. The van der Waals surface area contributed by atoms with Crippen molar-refractivity contribution in [3.05, 3.63) is 0 Å². The van der Waals surface area contributed by atoms with Crippen LogP contribution >= 0.6 is 0 Å². The summed E-state index contributed by atoms with van der Waals surface area (Å²) in [6.07, 6.45) is -2.23. The van der Waals surface area contributed by atoms with E-state index in [1.54, 1.807) is 0 Å². The van der Waals surface area contributed by atoms with E-state index in [9.17, 15) is 22.8 Å². The Bertz CT molecular complexity index is 372. The van der Waals surface area contributed by atoms with E-state index >= 15 is 0 Å². The summed E-state index contributed by atoms with van der Waals surface area (Å²) in [5.41, 5.74) is -2.41. The van der Waals surface area contributed by atoms with Gasteiger partial charge in [0.25, 0.3) is 0 Å². The van der Waals surface area contributed by atoms with E-state index in [-0.39, 0.29) is 18.4 Å². The number of alkyl halides is 3. The Morgan fingerprint density at radius 1 is 1.15 bits per heavy atom. The van der Waals surface area contributed by atoms with Crippen LogP contribution in [0.5, 0.6) is 0 Å². The summed E-state index contributed by atoms with van der Waals surface area (Å²) in [6, 6.07) is -0.297. The van der Waals surface area contributed by atoms with E-state index in [4.69, 9.17) is 5.11 Å². The molecule has 0 bridgehead atoms. The first-order chi connectivity index (χ1) is 9.04. The van der Waals surface area contributed by atoms with Crippen LogP contribution in [0.1, 0.15) is 46.0 Å². The lowest BCUT2D eigenvalue weighted by atomic mass is 9.83. The van der Waals surface area contributed by atoms with E-state index in [2.05, 4.69) is 5.32 Å². The lowest BCUT2D eigenvalue weighted by molar-refractivity contribution is -0.211. The minimum absolute atomic E-state index is 0.0521. The van der Waals surface area contributed by atoms with Crippen LogP contribution in [-0.2, 0) is 9.59 Å². The number of carbonyl (C=O) groups excluding carboxylic acids is 1. The third-order valence-electron chi connectivity index (χ3n) is 3.92. The molecule has 0 radical (unpaired) electrons. The fourth-order valence-corrected chi connectivity index (χ4v) is 2.25. The number of hydrogen-bond donors (Lipinski definition) is 2. The molecule has 1 rings (SSSR count). The van der Waals surface area contributed by atoms with Crippen molar-refractivity contribution in [2.24, 2.45) is 11.3 Å². The van der Waals surface area contributed by atoms with Gasteiger partial charge in [0.1, 0.15) is 5.41 Å². The van der Waals surface area contributed by atoms with Gasteiger partial charge in [0.15, 0.2) is 0 Å². The molecular formula is C13H20F3NO3. The zero-order valence-corrected chi connectivity index (χ0v) is 11.6. The Balaban J connectivity index is 2.48. The van der Waals surface area contributed by atoms with E-state index in [1.165, 1.54) is 0 Å². The molecule has 0 heterocycles. The smallest absolute Gasteiger partial charge is 0.402 e. The summed E-state index contributed by atoms with van der Waals surface area (Å²) in [7, 11) is 0. The molecule has 7 heteroatoms. The summed E-state index contributed by atoms with van der Waals surface area (Å²) in [5, 5.41) is 11.1. The van der Waals surface area contributed by atoms with Crippen LogP contribution < -0.4 is 5.32 Å². The quantitative estimate of drug-likeness (QED) is 0.838. The van der Waals surface area contributed by atoms with Gasteiger partial charge in [-0.25, -0.2) is 0 Å². The molecule has 4 nitrogen and oxygen atoms in total. The monoisotopic (exact) mass is 295 g/mol. The highest BCUT2D eigenvalue weighted by Gasteiger charge is 2.53. The second-order valence-corrected chi connectivity index (χ2v) is 5.91. The van der Waals surface area contributed by atoms with Crippen molar-refractivity contribution >= 4 is 11.9 Å². The van der Waals surface area contributed by atoms with Gasteiger partial charge >= 0.3 is 12.1 Å². The van der Waals surface area contributed by atoms with Gasteiger partial charge in [0.2, 0.25) is 5.91 Å². The summed E-state index contributed by atoms with van der Waals surface area (Å²) in [4.78, 5) is 22.3. The van der Waals surface area contributed by atoms with Crippen molar-refractivity contribution < 1.29 is 27.9 Å². The van der Waals surface area contributed by atoms with Gasteiger partial charge in [-0.3, -0.25) is 9.59 Å². The average Bonchev–Trinajstić information content (AvgIpc) is 2.29. The molecule has 20 heavy (non-hydrogen) atoms. The van der Waals surface area contributed by atoms with Crippen LogP contribution in [0.15, 0.2) is 0 Å². The number of halogens is 3. The van der Waals surface area contributed by atoms with Crippen LogP contribution in [0.4, 0.5) is 13.2 Å². The number of carbonyl (C=O) groups is 2. The summed E-state index contributed by atoms with van der Waals surface area (Å²) in [6.45, 7) is 1.72. The third-order valence-corrected chi connectivity index (χ3v) is 3.92. The van der Waals surface area contributed by atoms with Crippen LogP contribution in [-0.4, -0.2) is 29.2 Å². The van der Waals surface area contributed by atoms with Gasteiger partial charge in [-0.05, 0) is 45.4 Å². The Morgan fingerprint density at radius 3 is 2.05 bits per heavy atom. The minimum Gasteiger partial charge on any atom is -0.481 e. The predicted molar refractivity (Wildman–Crippen MR) is 66.0 cm³/mol. The average molecular weight is 295 g/mol. The number of aliphatic carboxylic acids is 1. The molecule has 0 spiro atoms. The second-order valence-electron chi connectivity index (χ2n) is 5.91. The lowest BCUT2D eigenvalue weighted by Gasteiger charge is -2.32. The first-order valence-electron chi connectivity index (χ1n) is 6.63. The van der Waals surface area contributed by atoms with Crippen LogP contribution in [0, 0.1) is 11.3 Å². The largest absolute Gasteiger partial charge is 0.481 e. The highest BCUT2D eigenvalue weighted by Crippen LogP contribution is 2.38. The van der Waals surface area contributed by atoms with Gasteiger partial charge in [-0.2, -0.15) is 13.2 Å². The maximum absolute atomic E-state index is 12.7. The Morgan fingerprint density at radius 2 is 1.65 bits per heavy atom. The number of carboxylic acid groups (broad SMARTS) is 1. The van der Waals surface area contributed by atoms with Gasteiger partial charge in [-0.15, -0.1) is 0 Å². The molecule has 0 atom stereocenters. The number of hydrogen-bond acceptors (Lipinski definition) is 2. The third kappa shape index (κ3) is 4.11. The molecule has 1 saturated carbocycles. The fraction of sp³-hybridized carbons (Fsp3) is 0.846. The zero-order chi connectivity index (χ0) is 15.6. The van der Waals surface area contributed by atoms with Crippen LogP contribution in [0.2, 0.25) is 0 Å². The Kier molecular flexibility index (Phi) is 5.05. The maximum atomic E-state index is 12.7. The molecule has 2 N–H and O–H groups in total. The maximum Gasteiger partial charge on any atom is 0.402 e. The highest BCUT2D eigenvalue weighted by atomic mass is 19.4. The van der Waals surface area contributed by atoms with E-state index in [1.807, 2.05) is 0 Å². The van der Waals surface area contributed by atoms with E-state index in [0.29, 0.717) is 25.7 Å². The normalized spacial score (nSPS) is 24.2. The molecule has 116 valence electrons. The predicted octanol–water partition coefficient (Wildman–Crippen LogP) is 2.72. The fourth-order valence-electron chi connectivity index (χ4n) is 2.25. The number of amides is 1. The molecular weight excluding hydrogens is 275 g/mol. The minimum atomic E-state index is -4.59. The zero-order valence-electron chi connectivity index (χ0n) is 11.6. The second kappa shape index (κ2) is 6.01. The Labute approximate surface area is 115 Å². The molecule has 1 amide bonds. The van der Waals surface area contributed by atoms with Gasteiger partial charge in [0.05, 0.1) is 0 Å². The van der Waals surface area contributed by atoms with Gasteiger partial charge in [-0.1, -0.05) is 0 Å². The van der Waals surface area contributed by atoms with E-state index < -0.39 is 23.5 Å². The molecule has 1 fully saturated rings. The van der Waals surface area contributed by atoms with Crippen molar-refractivity contribution in [2.45, 2.75) is 58.2 Å². The van der Waals surface area contributed by atoms with Crippen molar-refractivity contribution in [1.29, 1.82) is 0 Å². The van der Waals surface area contributed by atoms with Crippen LogP contribution in [0.25, 0.3) is 0 Å². The topological polar surface area (TPSA) is 66.4 Å². The first kappa shape index (κ1) is 16.8. The van der Waals surface area contributed by atoms with Crippen molar-refractivity contribution in [3.8, 4) is 0 Å². The molecule has 1 aliphatic rings. The van der Waals surface area contributed by atoms with E-state index in [0.717, 1.165) is 13.8 Å². The molecule has 1 aliphatic carbocycles. The Hall–Kier alpha value is -1.27.